The number of carbonyl (C=O) groups excluding carboxylic acids is 1. The van der Waals surface area contributed by atoms with Gasteiger partial charge >= 0.3 is 0 Å². The first-order chi connectivity index (χ1) is 11.4. The molecule has 2 aromatic carbocycles. The number of Topliss-reactive ketones (excluding diaryl/α,β-unsaturated/α-hetero) is 1. The van der Waals surface area contributed by atoms with Crippen molar-refractivity contribution in [2.24, 2.45) is 0 Å². The van der Waals surface area contributed by atoms with Gasteiger partial charge in [-0.3, -0.25) is 4.79 Å². The Hall–Kier alpha value is -2.35. The maximum atomic E-state index is 12.9. The second-order valence-electron chi connectivity index (χ2n) is 7.01. The summed E-state index contributed by atoms with van der Waals surface area (Å²) >= 11 is 0. The normalized spacial score (nSPS) is 12.5. The minimum absolute atomic E-state index is 0.189. The quantitative estimate of drug-likeness (QED) is 0.608. The first kappa shape index (κ1) is 16.5. The molecule has 1 heterocycles. The molecule has 0 amide bonds. The lowest BCUT2D eigenvalue weighted by molar-refractivity contribution is 0.0974. The van der Waals surface area contributed by atoms with Crippen LogP contribution in [0.4, 0.5) is 0 Å². The number of carbonyl (C=O) groups is 1. The molecule has 3 aromatic rings. The van der Waals surface area contributed by atoms with E-state index in [-0.39, 0.29) is 11.7 Å². The number of hydrogen-bond acceptors (Lipinski definition) is 1. The lowest BCUT2D eigenvalue weighted by atomic mass is 9.88. The number of H-pyrrole nitrogens is 1. The molecule has 0 bridgehead atoms. The van der Waals surface area contributed by atoms with Crippen molar-refractivity contribution in [3.63, 3.8) is 0 Å². The fourth-order valence-corrected chi connectivity index (χ4v) is 4.04. The van der Waals surface area contributed by atoms with Crippen molar-refractivity contribution in [3.05, 3.63) is 69.9 Å². The molecule has 1 N–H and O–H groups in total. The van der Waals surface area contributed by atoms with Gasteiger partial charge in [-0.25, -0.2) is 0 Å². The fraction of sp³-hybridized carbons (Fsp3) is 0.318. The molecule has 2 heteroatoms. The molecule has 1 aromatic heterocycles. The smallest absolute Gasteiger partial charge is 0.164 e. The molecule has 3 rings (SSSR count). The van der Waals surface area contributed by atoms with Crippen LogP contribution in [0.5, 0.6) is 0 Å². The van der Waals surface area contributed by atoms with Gasteiger partial charge in [0.15, 0.2) is 5.78 Å². The van der Waals surface area contributed by atoms with Gasteiger partial charge in [0.25, 0.3) is 0 Å². The summed E-state index contributed by atoms with van der Waals surface area (Å²) in [7, 11) is 0. The molecule has 0 fully saturated rings. The highest BCUT2D eigenvalue weighted by atomic mass is 16.1. The van der Waals surface area contributed by atoms with Crippen LogP contribution in [0.1, 0.15) is 57.6 Å². The van der Waals surface area contributed by atoms with Crippen LogP contribution >= 0.6 is 0 Å². The van der Waals surface area contributed by atoms with E-state index < -0.39 is 0 Å². The predicted octanol–water partition coefficient (Wildman–Crippen LogP) is 5.78. The van der Waals surface area contributed by atoms with Crippen molar-refractivity contribution in [1.82, 2.24) is 4.98 Å². The molecular formula is C22H25NO. The Bertz CT molecular complexity index is 894. The summed E-state index contributed by atoms with van der Waals surface area (Å²) < 4.78 is 0. The molecule has 1 atom stereocenters. The Labute approximate surface area is 143 Å². The SMILES string of the molecule is Cc1cc(C)c(C(=O)CC(C)c2c(C)[nH]c3ccccc23)c(C)c1. The van der Waals surface area contributed by atoms with Crippen molar-refractivity contribution >= 4 is 16.7 Å². The second-order valence-corrected chi connectivity index (χ2v) is 7.01. The zero-order chi connectivity index (χ0) is 17.4. The van der Waals surface area contributed by atoms with E-state index in [1.165, 1.54) is 16.5 Å². The maximum absolute atomic E-state index is 12.9. The highest BCUT2D eigenvalue weighted by molar-refractivity contribution is 5.99. The molecule has 0 spiro atoms. The van der Waals surface area contributed by atoms with E-state index in [0.717, 1.165) is 27.9 Å². The Morgan fingerprint density at radius 2 is 1.67 bits per heavy atom. The maximum Gasteiger partial charge on any atom is 0.164 e. The Morgan fingerprint density at radius 1 is 1.04 bits per heavy atom. The summed E-state index contributed by atoms with van der Waals surface area (Å²) in [6.07, 6.45) is 0.535. The van der Waals surface area contributed by atoms with Crippen LogP contribution in [-0.2, 0) is 0 Å². The van der Waals surface area contributed by atoms with Crippen molar-refractivity contribution < 1.29 is 4.79 Å². The van der Waals surface area contributed by atoms with Crippen molar-refractivity contribution in [2.75, 3.05) is 0 Å². The molecule has 0 saturated heterocycles. The third-order valence-corrected chi connectivity index (χ3v) is 4.88. The Balaban J connectivity index is 1.93. The summed E-state index contributed by atoms with van der Waals surface area (Å²) in [6.45, 7) is 10.4. The molecule has 0 aliphatic carbocycles. The standard InChI is InChI=1S/C22H25NO/c1-13-10-14(2)21(15(3)11-13)20(24)12-16(4)22-17(5)23-19-9-7-6-8-18(19)22/h6-11,16,23H,12H2,1-5H3. The summed E-state index contributed by atoms with van der Waals surface area (Å²) in [5.74, 6) is 0.427. The largest absolute Gasteiger partial charge is 0.358 e. The number of aromatic amines is 1. The van der Waals surface area contributed by atoms with Crippen LogP contribution in [0.2, 0.25) is 0 Å². The molecule has 2 nitrogen and oxygen atoms in total. The van der Waals surface area contributed by atoms with Gasteiger partial charge in [-0.1, -0.05) is 42.8 Å². The van der Waals surface area contributed by atoms with Crippen LogP contribution in [0.25, 0.3) is 10.9 Å². The summed E-state index contributed by atoms with van der Waals surface area (Å²) in [5.41, 5.74) is 7.84. The molecule has 124 valence electrons. The van der Waals surface area contributed by atoms with Crippen LogP contribution < -0.4 is 0 Å². The number of nitrogens with one attached hydrogen (secondary N) is 1. The van der Waals surface area contributed by atoms with Gasteiger partial charge in [0.2, 0.25) is 0 Å². The monoisotopic (exact) mass is 319 g/mol. The minimum atomic E-state index is 0.189. The fourth-order valence-electron chi connectivity index (χ4n) is 4.04. The van der Waals surface area contributed by atoms with Gasteiger partial charge in [0.1, 0.15) is 0 Å². The Morgan fingerprint density at radius 3 is 2.33 bits per heavy atom. The number of aryl methyl sites for hydroxylation is 4. The van der Waals surface area contributed by atoms with Gasteiger partial charge in [-0.15, -0.1) is 0 Å². The van der Waals surface area contributed by atoms with Gasteiger partial charge in [0, 0.05) is 28.6 Å². The highest BCUT2D eigenvalue weighted by Gasteiger charge is 2.20. The third kappa shape index (κ3) is 2.89. The van der Waals surface area contributed by atoms with Crippen molar-refractivity contribution in [1.29, 1.82) is 0 Å². The number of aromatic nitrogens is 1. The lowest BCUT2D eigenvalue weighted by Crippen LogP contribution is -2.09. The molecule has 0 saturated carbocycles. The Kier molecular flexibility index (Phi) is 4.31. The van der Waals surface area contributed by atoms with Crippen LogP contribution in [0, 0.1) is 27.7 Å². The number of rotatable bonds is 4. The number of hydrogen-bond donors (Lipinski definition) is 1. The average molecular weight is 319 g/mol. The molecule has 0 radical (unpaired) electrons. The summed E-state index contributed by atoms with van der Waals surface area (Å²) in [5, 5.41) is 1.23. The van der Waals surface area contributed by atoms with E-state index in [2.05, 4.69) is 56.1 Å². The molecular weight excluding hydrogens is 294 g/mol. The zero-order valence-corrected chi connectivity index (χ0v) is 15.2. The van der Waals surface area contributed by atoms with E-state index in [4.69, 9.17) is 0 Å². The molecule has 0 aliphatic heterocycles. The van der Waals surface area contributed by atoms with Crippen LogP contribution in [0.15, 0.2) is 36.4 Å². The van der Waals surface area contributed by atoms with Crippen LogP contribution in [-0.4, -0.2) is 10.8 Å². The highest BCUT2D eigenvalue weighted by Crippen LogP contribution is 2.32. The second kappa shape index (κ2) is 6.27. The van der Waals surface area contributed by atoms with E-state index in [1.54, 1.807) is 0 Å². The van der Waals surface area contributed by atoms with E-state index in [1.807, 2.05) is 19.9 Å². The van der Waals surface area contributed by atoms with Gasteiger partial charge in [-0.05, 0) is 56.4 Å². The topological polar surface area (TPSA) is 32.9 Å². The number of fused-ring (bicyclic) bond motifs is 1. The van der Waals surface area contributed by atoms with Crippen molar-refractivity contribution in [2.45, 2.75) is 47.0 Å². The summed E-state index contributed by atoms with van der Waals surface area (Å²) in [6, 6.07) is 12.5. The first-order valence-electron chi connectivity index (χ1n) is 8.56. The van der Waals surface area contributed by atoms with Crippen molar-refractivity contribution in [3.8, 4) is 0 Å². The van der Waals surface area contributed by atoms with Crippen LogP contribution in [0.3, 0.4) is 0 Å². The number of benzene rings is 2. The average Bonchev–Trinajstić information content (AvgIpc) is 2.81. The third-order valence-electron chi connectivity index (χ3n) is 4.88. The lowest BCUT2D eigenvalue weighted by Gasteiger charge is -2.15. The van der Waals surface area contributed by atoms with Gasteiger partial charge < -0.3 is 4.98 Å². The zero-order valence-electron chi connectivity index (χ0n) is 15.2. The molecule has 24 heavy (non-hydrogen) atoms. The first-order valence-corrected chi connectivity index (χ1v) is 8.56. The predicted molar refractivity (Wildman–Crippen MR) is 101 cm³/mol. The minimum Gasteiger partial charge on any atom is -0.358 e. The van der Waals surface area contributed by atoms with Gasteiger partial charge in [-0.2, -0.15) is 0 Å². The summed E-state index contributed by atoms with van der Waals surface area (Å²) in [4.78, 5) is 16.4. The molecule has 1 unspecified atom stereocenters. The molecule has 0 aliphatic rings. The number of ketones is 1. The number of para-hydroxylation sites is 1. The van der Waals surface area contributed by atoms with E-state index in [9.17, 15) is 4.79 Å². The van der Waals surface area contributed by atoms with E-state index in [0.29, 0.717) is 6.42 Å². The van der Waals surface area contributed by atoms with E-state index >= 15 is 0 Å². The van der Waals surface area contributed by atoms with Gasteiger partial charge in [0.05, 0.1) is 0 Å².